The van der Waals surface area contributed by atoms with Crippen molar-refractivity contribution < 1.29 is 9.47 Å². The zero-order valence-corrected chi connectivity index (χ0v) is 13.4. The summed E-state index contributed by atoms with van der Waals surface area (Å²) in [5.74, 6) is 1.28. The highest BCUT2D eigenvalue weighted by atomic mass is 35.5. The Morgan fingerprint density at radius 1 is 1.25 bits per heavy atom. The van der Waals surface area contributed by atoms with E-state index in [1.807, 2.05) is 18.4 Å². The minimum absolute atomic E-state index is 0.0692. The summed E-state index contributed by atoms with van der Waals surface area (Å²) < 4.78 is 10.6. The van der Waals surface area contributed by atoms with Gasteiger partial charge < -0.3 is 14.8 Å². The van der Waals surface area contributed by atoms with Gasteiger partial charge in [0.2, 0.25) is 0 Å². The van der Waals surface area contributed by atoms with Crippen molar-refractivity contribution in [1.29, 1.82) is 0 Å². The Labute approximate surface area is 127 Å². The normalized spacial score (nSPS) is 12.1. The van der Waals surface area contributed by atoms with Gasteiger partial charge in [-0.25, -0.2) is 4.98 Å². The number of hydrogen-bond acceptors (Lipinski definition) is 5. The van der Waals surface area contributed by atoms with Crippen molar-refractivity contribution in [2.45, 2.75) is 19.9 Å². The summed E-state index contributed by atoms with van der Waals surface area (Å²) in [5, 5.41) is 6.99. The number of anilines is 1. The van der Waals surface area contributed by atoms with Crippen LogP contribution in [0.2, 0.25) is 5.02 Å². The van der Waals surface area contributed by atoms with E-state index in [2.05, 4.69) is 17.2 Å². The second-order valence-electron chi connectivity index (χ2n) is 4.34. The first-order chi connectivity index (χ1) is 9.55. The maximum Gasteiger partial charge on any atom is 0.143 e. The van der Waals surface area contributed by atoms with E-state index in [9.17, 15) is 0 Å². The van der Waals surface area contributed by atoms with Gasteiger partial charge in [-0.1, -0.05) is 11.6 Å². The zero-order valence-electron chi connectivity index (χ0n) is 11.9. The van der Waals surface area contributed by atoms with Crippen molar-refractivity contribution in [3.8, 4) is 11.5 Å². The molecule has 0 fully saturated rings. The van der Waals surface area contributed by atoms with Gasteiger partial charge in [0.1, 0.15) is 11.5 Å². The Balaban J connectivity index is 2.27. The van der Waals surface area contributed by atoms with E-state index in [1.165, 1.54) is 0 Å². The van der Waals surface area contributed by atoms with Gasteiger partial charge in [0.05, 0.1) is 41.7 Å². The summed E-state index contributed by atoms with van der Waals surface area (Å²) in [7, 11) is 3.20. The highest BCUT2D eigenvalue weighted by Gasteiger charge is 2.14. The maximum absolute atomic E-state index is 6.09. The van der Waals surface area contributed by atoms with Crippen molar-refractivity contribution in [1.82, 2.24) is 4.98 Å². The van der Waals surface area contributed by atoms with E-state index in [0.717, 1.165) is 16.4 Å². The molecule has 108 valence electrons. The summed E-state index contributed by atoms with van der Waals surface area (Å²) in [6.07, 6.45) is 0. The molecule has 1 unspecified atom stereocenters. The molecule has 0 saturated heterocycles. The molecule has 1 N–H and O–H groups in total. The molecular formula is C14H17ClN2O2S. The van der Waals surface area contributed by atoms with E-state index >= 15 is 0 Å². The third-order valence-corrected chi connectivity index (χ3v) is 4.01. The molecule has 1 aromatic heterocycles. The van der Waals surface area contributed by atoms with Crippen LogP contribution in [0.15, 0.2) is 17.5 Å². The SMILES string of the molecule is COc1cc(NC(C)c2csc(C)n2)c(OC)cc1Cl. The lowest BCUT2D eigenvalue weighted by molar-refractivity contribution is 0.404. The molecule has 4 nitrogen and oxygen atoms in total. The first-order valence-corrected chi connectivity index (χ1v) is 7.41. The van der Waals surface area contributed by atoms with Gasteiger partial charge in [-0.15, -0.1) is 11.3 Å². The fourth-order valence-electron chi connectivity index (χ4n) is 1.86. The number of nitrogens with one attached hydrogen (secondary N) is 1. The Morgan fingerprint density at radius 3 is 2.50 bits per heavy atom. The monoisotopic (exact) mass is 312 g/mol. The van der Waals surface area contributed by atoms with E-state index in [0.29, 0.717) is 16.5 Å². The molecule has 0 saturated carbocycles. The lowest BCUT2D eigenvalue weighted by Crippen LogP contribution is -2.08. The number of methoxy groups -OCH3 is 2. The van der Waals surface area contributed by atoms with Gasteiger partial charge in [0.15, 0.2) is 0 Å². The van der Waals surface area contributed by atoms with Gasteiger partial charge in [0, 0.05) is 17.5 Å². The molecular weight excluding hydrogens is 296 g/mol. The molecule has 0 radical (unpaired) electrons. The lowest BCUT2D eigenvalue weighted by Gasteiger charge is -2.17. The summed E-state index contributed by atoms with van der Waals surface area (Å²) in [6, 6.07) is 3.64. The van der Waals surface area contributed by atoms with Gasteiger partial charge in [0.25, 0.3) is 0 Å². The van der Waals surface area contributed by atoms with Crippen molar-refractivity contribution in [3.05, 3.63) is 33.2 Å². The van der Waals surface area contributed by atoms with Gasteiger partial charge in [-0.3, -0.25) is 0 Å². The number of benzene rings is 1. The predicted molar refractivity (Wildman–Crippen MR) is 83.4 cm³/mol. The number of aryl methyl sites for hydroxylation is 1. The van der Waals surface area contributed by atoms with Crippen molar-refractivity contribution >= 4 is 28.6 Å². The van der Waals surface area contributed by atoms with Crippen LogP contribution in [0.3, 0.4) is 0 Å². The summed E-state index contributed by atoms with van der Waals surface area (Å²) in [4.78, 5) is 4.48. The Kier molecular flexibility index (Phi) is 4.73. The lowest BCUT2D eigenvalue weighted by atomic mass is 10.2. The Bertz CT molecular complexity index is 601. The van der Waals surface area contributed by atoms with Crippen LogP contribution in [0, 0.1) is 6.92 Å². The molecule has 0 aliphatic rings. The second kappa shape index (κ2) is 6.33. The first kappa shape index (κ1) is 14.9. The van der Waals surface area contributed by atoms with E-state index < -0.39 is 0 Å². The predicted octanol–water partition coefficient (Wildman–Crippen LogP) is 4.30. The number of hydrogen-bond donors (Lipinski definition) is 1. The summed E-state index contributed by atoms with van der Waals surface area (Å²) >= 11 is 7.73. The standard InChI is InChI=1S/C14H17ClN2O2S/c1-8(12-7-20-9(2)17-12)16-11-6-13(18-3)10(15)5-14(11)19-4/h5-8,16H,1-4H3. The molecule has 0 amide bonds. The fraction of sp³-hybridized carbons (Fsp3) is 0.357. The molecule has 1 heterocycles. The van der Waals surface area contributed by atoms with Gasteiger partial charge in [-0.05, 0) is 13.8 Å². The average molecular weight is 313 g/mol. The number of halogens is 1. The highest BCUT2D eigenvalue weighted by molar-refractivity contribution is 7.09. The Morgan fingerprint density at radius 2 is 1.95 bits per heavy atom. The quantitative estimate of drug-likeness (QED) is 0.894. The topological polar surface area (TPSA) is 43.4 Å². The minimum Gasteiger partial charge on any atom is -0.495 e. The molecule has 1 aromatic carbocycles. The maximum atomic E-state index is 6.09. The van der Waals surface area contributed by atoms with Crippen LogP contribution in [0.4, 0.5) is 5.69 Å². The Hall–Kier alpha value is -1.46. The zero-order chi connectivity index (χ0) is 14.7. The average Bonchev–Trinajstić information content (AvgIpc) is 2.87. The van der Waals surface area contributed by atoms with Crippen LogP contribution in [0.25, 0.3) is 0 Å². The molecule has 0 spiro atoms. The van der Waals surface area contributed by atoms with Gasteiger partial charge in [-0.2, -0.15) is 0 Å². The molecule has 2 aromatic rings. The van der Waals surface area contributed by atoms with Crippen LogP contribution in [-0.4, -0.2) is 19.2 Å². The molecule has 6 heteroatoms. The number of nitrogens with zero attached hydrogens (tertiary/aromatic N) is 1. The molecule has 0 aliphatic carbocycles. The van der Waals surface area contributed by atoms with Gasteiger partial charge >= 0.3 is 0 Å². The smallest absolute Gasteiger partial charge is 0.143 e. The van der Waals surface area contributed by atoms with E-state index in [1.54, 1.807) is 31.6 Å². The molecule has 2 rings (SSSR count). The van der Waals surface area contributed by atoms with Crippen LogP contribution in [0.5, 0.6) is 11.5 Å². The van der Waals surface area contributed by atoms with Crippen molar-refractivity contribution in [3.63, 3.8) is 0 Å². The third kappa shape index (κ3) is 3.16. The molecule has 1 atom stereocenters. The van der Waals surface area contributed by atoms with Crippen LogP contribution >= 0.6 is 22.9 Å². The third-order valence-electron chi connectivity index (χ3n) is 2.93. The second-order valence-corrected chi connectivity index (χ2v) is 5.81. The van der Waals surface area contributed by atoms with Crippen LogP contribution < -0.4 is 14.8 Å². The molecule has 20 heavy (non-hydrogen) atoms. The highest BCUT2D eigenvalue weighted by Crippen LogP contribution is 2.37. The number of aromatic nitrogens is 1. The summed E-state index contributed by atoms with van der Waals surface area (Å²) in [6.45, 7) is 4.04. The molecule has 0 bridgehead atoms. The molecule has 0 aliphatic heterocycles. The van der Waals surface area contributed by atoms with Crippen molar-refractivity contribution in [2.24, 2.45) is 0 Å². The van der Waals surface area contributed by atoms with E-state index in [4.69, 9.17) is 21.1 Å². The minimum atomic E-state index is 0.0692. The largest absolute Gasteiger partial charge is 0.495 e. The fourth-order valence-corrected chi connectivity index (χ4v) is 2.80. The van der Waals surface area contributed by atoms with Crippen molar-refractivity contribution in [2.75, 3.05) is 19.5 Å². The van der Waals surface area contributed by atoms with E-state index in [-0.39, 0.29) is 6.04 Å². The number of thiazole rings is 1. The first-order valence-electron chi connectivity index (χ1n) is 6.15. The van der Waals surface area contributed by atoms with Crippen LogP contribution in [0.1, 0.15) is 23.7 Å². The number of rotatable bonds is 5. The number of ether oxygens (including phenoxy) is 2. The summed E-state index contributed by atoms with van der Waals surface area (Å²) in [5.41, 5.74) is 1.83. The van der Waals surface area contributed by atoms with Crippen LogP contribution in [-0.2, 0) is 0 Å².